The van der Waals surface area contributed by atoms with Crippen LogP contribution in [0.25, 0.3) is 0 Å². The van der Waals surface area contributed by atoms with Crippen molar-refractivity contribution in [2.75, 3.05) is 24.3 Å². The molecule has 0 saturated carbocycles. The average Bonchev–Trinajstić information content (AvgIpc) is 2.38. The van der Waals surface area contributed by atoms with Crippen molar-refractivity contribution in [3.05, 3.63) is 11.4 Å². The number of hydrazine groups is 1. The van der Waals surface area contributed by atoms with Crippen LogP contribution in [0.2, 0.25) is 0 Å². The van der Waals surface area contributed by atoms with E-state index in [1.807, 2.05) is 6.92 Å². The number of hydrogen-bond donors (Lipinski definition) is 4. The molecule has 0 fully saturated rings. The Kier molecular flexibility index (Phi) is 5.31. The van der Waals surface area contributed by atoms with E-state index >= 15 is 0 Å². The van der Waals surface area contributed by atoms with Crippen molar-refractivity contribution in [3.63, 3.8) is 0 Å². The van der Waals surface area contributed by atoms with Gasteiger partial charge in [0.05, 0.1) is 6.54 Å². The minimum Gasteiger partial charge on any atom is -0.361 e. The summed E-state index contributed by atoms with van der Waals surface area (Å²) in [5.41, 5.74) is 3.34. The van der Waals surface area contributed by atoms with E-state index < -0.39 is 0 Å². The number of nitrogens with zero attached hydrogens (tertiary/aromatic N) is 2. The summed E-state index contributed by atoms with van der Waals surface area (Å²) in [6, 6.07) is 0. The fraction of sp³-hybridized carbons (Fsp3) is 0.545. The van der Waals surface area contributed by atoms with Crippen LogP contribution in [0.15, 0.2) is 0 Å². The summed E-state index contributed by atoms with van der Waals surface area (Å²) in [6.45, 7) is 4.07. The van der Waals surface area contributed by atoms with E-state index in [1.165, 1.54) is 0 Å². The summed E-state index contributed by atoms with van der Waals surface area (Å²) < 4.78 is 0. The molecule has 0 aliphatic rings. The Balaban J connectivity index is 2.93. The molecule has 0 spiro atoms. The highest BCUT2D eigenvalue weighted by Crippen LogP contribution is 2.19. The van der Waals surface area contributed by atoms with Gasteiger partial charge in [-0.25, -0.2) is 15.8 Å². The normalized spacial score (nSPS) is 10.0. The van der Waals surface area contributed by atoms with Crippen molar-refractivity contribution in [2.24, 2.45) is 5.84 Å². The number of likely N-dealkylation sites (N-methyl/N-ethyl adjacent to an activating group) is 1. The molecule has 0 bridgehead atoms. The van der Waals surface area contributed by atoms with E-state index in [9.17, 15) is 4.79 Å². The summed E-state index contributed by atoms with van der Waals surface area (Å²) in [6.07, 6.45) is 1.71. The monoisotopic (exact) mass is 252 g/mol. The van der Waals surface area contributed by atoms with E-state index in [0.29, 0.717) is 17.5 Å². The Bertz CT molecular complexity index is 420. The number of aryl methyl sites for hydroxylation is 1. The lowest BCUT2D eigenvalue weighted by molar-refractivity contribution is -0.118. The zero-order valence-electron chi connectivity index (χ0n) is 11.0. The zero-order valence-corrected chi connectivity index (χ0v) is 11.0. The molecule has 5 N–H and O–H groups in total. The number of nitrogens with two attached hydrogens (primary N) is 1. The molecule has 1 heterocycles. The first-order valence-corrected chi connectivity index (χ1v) is 5.90. The van der Waals surface area contributed by atoms with Gasteiger partial charge >= 0.3 is 0 Å². The van der Waals surface area contributed by atoms with Crippen molar-refractivity contribution in [1.29, 1.82) is 0 Å². The van der Waals surface area contributed by atoms with Crippen molar-refractivity contribution in [1.82, 2.24) is 15.3 Å². The third-order valence-corrected chi connectivity index (χ3v) is 2.50. The van der Waals surface area contributed by atoms with Crippen molar-refractivity contribution in [2.45, 2.75) is 26.7 Å². The van der Waals surface area contributed by atoms with E-state index in [4.69, 9.17) is 5.84 Å². The van der Waals surface area contributed by atoms with Crippen LogP contribution in [0.3, 0.4) is 0 Å². The van der Waals surface area contributed by atoms with Gasteiger partial charge in [-0.1, -0.05) is 6.92 Å². The molecule has 1 aromatic rings. The van der Waals surface area contributed by atoms with Crippen LogP contribution in [-0.4, -0.2) is 29.5 Å². The van der Waals surface area contributed by atoms with Crippen LogP contribution in [0.4, 0.5) is 11.6 Å². The second-order valence-electron chi connectivity index (χ2n) is 3.88. The van der Waals surface area contributed by atoms with Gasteiger partial charge in [0.2, 0.25) is 5.91 Å². The van der Waals surface area contributed by atoms with Crippen LogP contribution in [-0.2, 0) is 11.2 Å². The molecular weight excluding hydrogens is 232 g/mol. The van der Waals surface area contributed by atoms with Crippen molar-refractivity contribution < 1.29 is 4.79 Å². The number of nitrogens with one attached hydrogen (secondary N) is 3. The SMILES string of the molecule is CCCc1nc(NN)c(C)c(NCC(=O)NC)n1. The minimum atomic E-state index is -0.104. The number of nitrogen functional groups attached to an aromatic ring is 1. The van der Waals surface area contributed by atoms with Crippen LogP contribution < -0.4 is 21.9 Å². The van der Waals surface area contributed by atoms with Crippen molar-refractivity contribution in [3.8, 4) is 0 Å². The number of aromatic nitrogens is 2. The lowest BCUT2D eigenvalue weighted by Gasteiger charge is -2.13. The number of amides is 1. The molecule has 100 valence electrons. The maximum absolute atomic E-state index is 11.2. The van der Waals surface area contributed by atoms with Gasteiger partial charge in [0.1, 0.15) is 17.5 Å². The molecule has 0 unspecified atom stereocenters. The lowest BCUT2D eigenvalue weighted by Crippen LogP contribution is -2.27. The molecule has 0 aliphatic heterocycles. The van der Waals surface area contributed by atoms with Crippen LogP contribution in [0.1, 0.15) is 24.7 Å². The Hall–Kier alpha value is -1.89. The summed E-state index contributed by atoms with van der Waals surface area (Å²) >= 11 is 0. The zero-order chi connectivity index (χ0) is 13.5. The first kappa shape index (κ1) is 14.2. The smallest absolute Gasteiger partial charge is 0.239 e. The third-order valence-electron chi connectivity index (χ3n) is 2.50. The van der Waals surface area contributed by atoms with E-state index in [0.717, 1.165) is 18.4 Å². The number of rotatable bonds is 6. The predicted molar refractivity (Wildman–Crippen MR) is 71.1 cm³/mol. The molecule has 1 amide bonds. The van der Waals surface area contributed by atoms with Gasteiger partial charge in [0.25, 0.3) is 0 Å². The van der Waals surface area contributed by atoms with Crippen LogP contribution in [0.5, 0.6) is 0 Å². The van der Waals surface area contributed by atoms with Gasteiger partial charge in [-0.05, 0) is 13.3 Å². The largest absolute Gasteiger partial charge is 0.361 e. The Labute approximate surface area is 107 Å². The van der Waals surface area contributed by atoms with Crippen molar-refractivity contribution >= 4 is 17.5 Å². The molecular formula is C11H20N6O. The molecule has 0 atom stereocenters. The highest BCUT2D eigenvalue weighted by molar-refractivity contribution is 5.80. The number of carbonyl (C=O) groups is 1. The molecule has 7 nitrogen and oxygen atoms in total. The molecule has 7 heteroatoms. The maximum atomic E-state index is 11.2. The average molecular weight is 252 g/mol. The summed E-state index contributed by atoms with van der Waals surface area (Å²) in [5, 5.41) is 5.52. The molecule has 18 heavy (non-hydrogen) atoms. The van der Waals surface area contributed by atoms with Crippen LogP contribution in [0, 0.1) is 6.92 Å². The fourth-order valence-corrected chi connectivity index (χ4v) is 1.46. The standard InChI is InChI=1S/C11H20N6O/c1-4-5-8-15-10(14-6-9(18)13-3)7(2)11(16-8)17-12/h4-6,12H2,1-3H3,(H,13,18)(H2,14,15,16,17). The summed E-state index contributed by atoms with van der Waals surface area (Å²) in [7, 11) is 1.59. The van der Waals surface area contributed by atoms with Crippen LogP contribution >= 0.6 is 0 Å². The lowest BCUT2D eigenvalue weighted by atomic mass is 10.2. The van der Waals surface area contributed by atoms with Gasteiger partial charge in [-0.2, -0.15) is 0 Å². The molecule has 1 rings (SSSR count). The Morgan fingerprint density at radius 2 is 2.00 bits per heavy atom. The predicted octanol–water partition coefficient (Wildman–Crippen LogP) is 0.181. The van der Waals surface area contributed by atoms with E-state index in [-0.39, 0.29) is 12.5 Å². The molecule has 0 radical (unpaired) electrons. The quantitative estimate of drug-likeness (QED) is 0.425. The summed E-state index contributed by atoms with van der Waals surface area (Å²) in [5.74, 6) is 7.23. The van der Waals surface area contributed by atoms with Gasteiger partial charge in [-0.3, -0.25) is 4.79 Å². The molecule has 0 saturated heterocycles. The second-order valence-corrected chi connectivity index (χ2v) is 3.88. The Morgan fingerprint density at radius 3 is 2.56 bits per heavy atom. The fourth-order valence-electron chi connectivity index (χ4n) is 1.46. The molecule has 1 aromatic heterocycles. The van der Waals surface area contributed by atoms with Gasteiger partial charge in [0, 0.05) is 19.0 Å². The topological polar surface area (TPSA) is 105 Å². The first-order valence-electron chi connectivity index (χ1n) is 5.90. The first-order chi connectivity index (χ1) is 8.62. The molecule has 0 aliphatic carbocycles. The minimum absolute atomic E-state index is 0.104. The highest BCUT2D eigenvalue weighted by atomic mass is 16.1. The second kappa shape index (κ2) is 6.75. The van der Waals surface area contributed by atoms with E-state index in [1.54, 1.807) is 7.05 Å². The molecule has 0 aromatic carbocycles. The number of carbonyl (C=O) groups excluding carboxylic acids is 1. The van der Waals surface area contributed by atoms with Gasteiger partial charge in [0.15, 0.2) is 0 Å². The van der Waals surface area contributed by atoms with Gasteiger partial charge < -0.3 is 16.1 Å². The summed E-state index contributed by atoms with van der Waals surface area (Å²) in [4.78, 5) is 19.9. The van der Waals surface area contributed by atoms with E-state index in [2.05, 4.69) is 33.0 Å². The van der Waals surface area contributed by atoms with Gasteiger partial charge in [-0.15, -0.1) is 0 Å². The Morgan fingerprint density at radius 1 is 1.33 bits per heavy atom. The third kappa shape index (κ3) is 3.56. The highest BCUT2D eigenvalue weighted by Gasteiger charge is 2.10. The number of anilines is 2. The number of hydrogen-bond acceptors (Lipinski definition) is 6. The maximum Gasteiger partial charge on any atom is 0.239 e.